The summed E-state index contributed by atoms with van der Waals surface area (Å²) in [6, 6.07) is 1.70. The topological polar surface area (TPSA) is 43.9 Å². The fraction of sp³-hybridized carbons (Fsp3) is 0.440. The highest BCUT2D eigenvalue weighted by molar-refractivity contribution is 6.31. The van der Waals surface area contributed by atoms with Crippen molar-refractivity contribution in [2.45, 2.75) is 50.2 Å². The Bertz CT molecular complexity index is 1220. The Kier molecular flexibility index (Phi) is 7.32. The summed E-state index contributed by atoms with van der Waals surface area (Å²) in [7, 11) is 1.27. The van der Waals surface area contributed by atoms with Gasteiger partial charge in [0.25, 0.3) is 0 Å². The predicted octanol–water partition coefficient (Wildman–Crippen LogP) is 6.68. The number of rotatable bonds is 3. The average molecular weight is 566 g/mol. The molecule has 2 aromatic carbocycles. The molecule has 0 aromatic heterocycles. The first-order valence-corrected chi connectivity index (χ1v) is 12.0. The molecule has 0 N–H and O–H groups in total. The third kappa shape index (κ3) is 5.27. The molecule has 2 aromatic rings. The molecule has 0 spiro atoms. The number of hydrogen-bond donors (Lipinski definition) is 0. The van der Waals surface area contributed by atoms with Crippen molar-refractivity contribution in [1.29, 1.82) is 0 Å². The summed E-state index contributed by atoms with van der Waals surface area (Å²) in [6.45, 7) is 1.55. The Balaban J connectivity index is 1.70. The van der Waals surface area contributed by atoms with Crippen LogP contribution in [0.5, 0.6) is 0 Å². The van der Waals surface area contributed by atoms with Crippen molar-refractivity contribution in [2.75, 3.05) is 20.1 Å². The van der Waals surface area contributed by atoms with Crippen LogP contribution in [0.1, 0.15) is 54.1 Å². The maximum atomic E-state index is 13.8. The molecule has 2 heterocycles. The third-order valence-corrected chi connectivity index (χ3v) is 7.49. The van der Waals surface area contributed by atoms with Gasteiger partial charge in [-0.1, -0.05) is 17.7 Å². The van der Waals surface area contributed by atoms with Gasteiger partial charge in [0.1, 0.15) is 5.82 Å². The third-order valence-electron chi connectivity index (χ3n) is 7.16. The highest BCUT2D eigenvalue weighted by atomic mass is 35.5. The number of halogens is 8. The lowest BCUT2D eigenvalue weighted by Crippen LogP contribution is -2.57. The van der Waals surface area contributed by atoms with E-state index in [0.29, 0.717) is 24.1 Å². The molecular weight excluding hydrogens is 543 g/mol. The van der Waals surface area contributed by atoms with Crippen LogP contribution in [-0.4, -0.2) is 52.8 Å². The highest BCUT2D eigenvalue weighted by Crippen LogP contribution is 2.42. The monoisotopic (exact) mass is 565 g/mol. The Labute approximate surface area is 218 Å². The number of carbonyl (C=O) groups is 2. The van der Waals surface area contributed by atoms with Crippen LogP contribution in [0.2, 0.25) is 5.02 Å². The van der Waals surface area contributed by atoms with Crippen molar-refractivity contribution in [1.82, 2.24) is 14.7 Å². The lowest BCUT2D eigenvalue weighted by molar-refractivity contribution is -0.143. The minimum atomic E-state index is -5.03. The summed E-state index contributed by atoms with van der Waals surface area (Å²) in [5, 5.41) is 0.0254. The number of alkyl halides is 6. The van der Waals surface area contributed by atoms with Gasteiger partial charge >= 0.3 is 18.4 Å². The minimum absolute atomic E-state index is 0.0254. The number of piperazine rings is 1. The molecule has 0 aliphatic carbocycles. The van der Waals surface area contributed by atoms with Crippen molar-refractivity contribution in [3.63, 3.8) is 0 Å². The van der Waals surface area contributed by atoms with Crippen LogP contribution in [-0.2, 0) is 17.1 Å². The van der Waals surface area contributed by atoms with E-state index in [4.69, 9.17) is 11.6 Å². The zero-order valence-electron chi connectivity index (χ0n) is 20.2. The lowest BCUT2D eigenvalue weighted by Gasteiger charge is -2.46. The quantitative estimate of drug-likeness (QED) is 0.390. The van der Waals surface area contributed by atoms with Crippen molar-refractivity contribution < 1.29 is 40.3 Å². The van der Waals surface area contributed by atoms with Crippen LogP contribution in [0.25, 0.3) is 0 Å². The second-order valence-electron chi connectivity index (χ2n) is 9.41. The van der Waals surface area contributed by atoms with Crippen molar-refractivity contribution in [3.8, 4) is 0 Å². The largest absolute Gasteiger partial charge is 0.416 e. The van der Waals surface area contributed by atoms with Crippen molar-refractivity contribution in [3.05, 3.63) is 69.5 Å². The summed E-state index contributed by atoms with van der Waals surface area (Å²) < 4.78 is 94.1. The summed E-state index contributed by atoms with van der Waals surface area (Å²) in [5.41, 5.74) is -2.94. The first-order chi connectivity index (χ1) is 17.6. The van der Waals surface area contributed by atoms with E-state index < -0.39 is 53.5 Å². The zero-order valence-corrected chi connectivity index (χ0v) is 21.0. The Hall–Kier alpha value is -3.02. The summed E-state index contributed by atoms with van der Waals surface area (Å²) in [6.07, 6.45) is -9.44. The summed E-state index contributed by atoms with van der Waals surface area (Å²) in [5.74, 6) is -0.724. The van der Waals surface area contributed by atoms with E-state index in [1.54, 1.807) is 4.90 Å². The average Bonchev–Trinajstić information content (AvgIpc) is 3.21. The van der Waals surface area contributed by atoms with Gasteiger partial charge in [0.15, 0.2) is 0 Å². The van der Waals surface area contributed by atoms with E-state index in [-0.39, 0.29) is 42.1 Å². The second kappa shape index (κ2) is 9.94. The molecule has 0 bridgehead atoms. The number of fused-ring (bicyclic) bond motifs is 1. The van der Waals surface area contributed by atoms with Gasteiger partial charge in [-0.25, -0.2) is 9.18 Å². The highest BCUT2D eigenvalue weighted by Gasteiger charge is 2.47. The van der Waals surface area contributed by atoms with Gasteiger partial charge in [0, 0.05) is 31.6 Å². The molecule has 38 heavy (non-hydrogen) atoms. The number of hydrogen-bond acceptors (Lipinski definition) is 2. The van der Waals surface area contributed by atoms with Crippen LogP contribution in [0.15, 0.2) is 36.4 Å². The smallest absolute Gasteiger partial charge is 0.335 e. The molecule has 4 rings (SSSR count). The molecule has 5 nitrogen and oxygen atoms in total. The molecule has 0 unspecified atom stereocenters. The van der Waals surface area contributed by atoms with Crippen LogP contribution in [0.4, 0.5) is 35.5 Å². The second-order valence-corrected chi connectivity index (χ2v) is 9.81. The van der Waals surface area contributed by atoms with E-state index >= 15 is 0 Å². The fourth-order valence-corrected chi connectivity index (χ4v) is 5.36. The molecule has 0 radical (unpaired) electrons. The first kappa shape index (κ1) is 28.0. The van der Waals surface area contributed by atoms with E-state index in [1.165, 1.54) is 24.9 Å². The molecule has 3 atom stereocenters. The van der Waals surface area contributed by atoms with Gasteiger partial charge in [-0.05, 0) is 54.8 Å². The van der Waals surface area contributed by atoms with E-state index in [1.807, 2.05) is 0 Å². The number of benzene rings is 2. The zero-order chi connectivity index (χ0) is 28.2. The number of nitrogens with zero attached hydrogens (tertiary/aromatic N) is 3. The lowest BCUT2D eigenvalue weighted by atomic mass is 9.93. The first-order valence-electron chi connectivity index (χ1n) is 11.7. The molecule has 2 aliphatic rings. The van der Waals surface area contributed by atoms with E-state index in [9.17, 15) is 40.3 Å². The van der Waals surface area contributed by atoms with Crippen molar-refractivity contribution >= 4 is 23.5 Å². The predicted molar refractivity (Wildman–Crippen MR) is 124 cm³/mol. The molecule has 3 amide bonds. The van der Waals surface area contributed by atoms with Crippen LogP contribution in [0, 0.1) is 5.82 Å². The molecule has 2 fully saturated rings. The fourth-order valence-electron chi connectivity index (χ4n) is 5.08. The Morgan fingerprint density at radius 2 is 1.63 bits per heavy atom. The van der Waals surface area contributed by atoms with Crippen molar-refractivity contribution in [2.24, 2.45) is 0 Å². The summed E-state index contributed by atoms with van der Waals surface area (Å²) in [4.78, 5) is 30.1. The number of carbonyl (C=O) groups excluding carboxylic acids is 2. The molecular formula is C25H23ClF7N3O2. The van der Waals surface area contributed by atoms with E-state index in [2.05, 4.69) is 0 Å². The minimum Gasteiger partial charge on any atom is -0.335 e. The van der Waals surface area contributed by atoms with Crippen LogP contribution in [0.3, 0.4) is 0 Å². The van der Waals surface area contributed by atoms with Gasteiger partial charge in [-0.2, -0.15) is 26.3 Å². The SMILES string of the molecule is C[C@H](c1cc(C(F)(F)F)cc(C(F)(F)F)c1)N(C)C(=O)N1CCN2C(=O)CC[C@H]2[C@@H]1c1ccc(F)cc1Cl. The molecule has 0 saturated carbocycles. The normalized spacial score (nSPS) is 20.9. The summed E-state index contributed by atoms with van der Waals surface area (Å²) >= 11 is 6.31. The maximum Gasteiger partial charge on any atom is 0.416 e. The molecule has 2 aliphatic heterocycles. The Morgan fingerprint density at radius 3 is 2.18 bits per heavy atom. The van der Waals surface area contributed by atoms with Crippen LogP contribution >= 0.6 is 11.6 Å². The van der Waals surface area contributed by atoms with Gasteiger partial charge < -0.3 is 14.7 Å². The van der Waals surface area contributed by atoms with Gasteiger partial charge in [-0.15, -0.1) is 0 Å². The number of amides is 3. The Morgan fingerprint density at radius 1 is 1.03 bits per heavy atom. The molecule has 2 saturated heterocycles. The van der Waals surface area contributed by atoms with E-state index in [0.717, 1.165) is 17.0 Å². The molecule has 13 heteroatoms. The van der Waals surface area contributed by atoms with Crippen LogP contribution < -0.4 is 0 Å². The van der Waals surface area contributed by atoms with Gasteiger partial charge in [0.05, 0.1) is 29.3 Å². The van der Waals surface area contributed by atoms with Gasteiger partial charge in [0.2, 0.25) is 5.91 Å². The van der Waals surface area contributed by atoms with Gasteiger partial charge in [-0.3, -0.25) is 4.79 Å². The standard InChI is InChI=1S/C25H23ClF7N3O2/c1-13(14-9-15(24(28,29)30)11-16(10-14)25(31,32)33)34(2)23(38)36-8-7-35-20(5-6-21(35)37)22(36)18-4-3-17(27)12-19(18)26/h3-4,9-13,20,22H,5-8H2,1-2H3/t13-,20+,22+/m1/s1. The number of urea groups is 1. The molecule has 206 valence electrons. The maximum absolute atomic E-state index is 13.8.